The van der Waals surface area contributed by atoms with Crippen molar-refractivity contribution >= 4 is 28.6 Å². The van der Waals surface area contributed by atoms with Crippen molar-refractivity contribution in [3.63, 3.8) is 0 Å². The molecular weight excluding hydrogens is 536 g/mol. The fourth-order valence-electron chi connectivity index (χ4n) is 4.78. The van der Waals surface area contributed by atoms with Gasteiger partial charge >= 0.3 is 0 Å². The van der Waals surface area contributed by atoms with Crippen LogP contribution in [0.1, 0.15) is 16.9 Å². The molecule has 0 spiro atoms. The first-order valence-corrected chi connectivity index (χ1v) is 14.4. The maximum absolute atomic E-state index is 14.0. The van der Waals surface area contributed by atoms with E-state index in [1.54, 1.807) is 44.3 Å². The van der Waals surface area contributed by atoms with Gasteiger partial charge in [0.25, 0.3) is 0 Å². The second kappa shape index (κ2) is 12.8. The Hall–Kier alpha value is -4.43. The number of pyridine rings is 1. The summed E-state index contributed by atoms with van der Waals surface area (Å²) in [6.45, 7) is 0.630. The predicted octanol–water partition coefficient (Wildman–Crippen LogP) is 7.01. The van der Waals surface area contributed by atoms with Crippen molar-refractivity contribution in [2.75, 3.05) is 27.6 Å². The van der Waals surface area contributed by atoms with Crippen molar-refractivity contribution in [2.24, 2.45) is 0 Å². The topological polar surface area (TPSA) is 74.0 Å². The van der Waals surface area contributed by atoms with Gasteiger partial charge in [-0.15, -0.1) is 11.8 Å². The Balaban J connectivity index is 1.57. The number of hydrogen-bond acceptors (Lipinski definition) is 7. The van der Waals surface area contributed by atoms with Crippen LogP contribution in [0.15, 0.2) is 94.4 Å². The maximum atomic E-state index is 14.0. The van der Waals surface area contributed by atoms with E-state index in [-0.39, 0.29) is 12.3 Å². The highest BCUT2D eigenvalue weighted by Crippen LogP contribution is 2.32. The molecule has 0 atom stereocenters. The van der Waals surface area contributed by atoms with Crippen molar-refractivity contribution in [1.82, 2.24) is 9.88 Å². The van der Waals surface area contributed by atoms with E-state index in [0.29, 0.717) is 30.3 Å². The molecule has 2 heterocycles. The number of benzene rings is 3. The van der Waals surface area contributed by atoms with E-state index in [0.717, 1.165) is 43.9 Å². The molecule has 0 aliphatic carbocycles. The van der Waals surface area contributed by atoms with Crippen LogP contribution in [0, 0.1) is 0 Å². The summed E-state index contributed by atoms with van der Waals surface area (Å²) < 4.78 is 22.1. The first-order valence-electron chi connectivity index (χ1n) is 13.1. The van der Waals surface area contributed by atoms with Gasteiger partial charge < -0.3 is 23.5 Å². The van der Waals surface area contributed by atoms with Gasteiger partial charge in [0.2, 0.25) is 5.91 Å². The normalized spacial score (nSPS) is 10.9. The van der Waals surface area contributed by atoms with Crippen LogP contribution in [0.2, 0.25) is 0 Å². The zero-order valence-corrected chi connectivity index (χ0v) is 24.4. The van der Waals surface area contributed by atoms with E-state index in [1.807, 2.05) is 60.9 Å². The molecule has 0 radical (unpaired) electrons. The number of hydrogen-bond donors (Lipinski definition) is 0. The number of carbonyl (C=O) groups excluding carboxylic acids is 1. The van der Waals surface area contributed by atoms with Crippen molar-refractivity contribution in [2.45, 2.75) is 24.4 Å². The summed E-state index contributed by atoms with van der Waals surface area (Å²) in [6, 6.07) is 25.4. The fraction of sp³-hybridized carbons (Fsp3) is 0.212. The Morgan fingerprint density at radius 2 is 1.68 bits per heavy atom. The number of aromatic nitrogens is 1. The van der Waals surface area contributed by atoms with Crippen molar-refractivity contribution in [3.05, 3.63) is 102 Å². The Bertz CT molecular complexity index is 1650. The summed E-state index contributed by atoms with van der Waals surface area (Å²) in [4.78, 5) is 22.0. The molecule has 5 rings (SSSR count). The lowest BCUT2D eigenvalue weighted by Gasteiger charge is -2.24. The quantitative estimate of drug-likeness (QED) is 0.159. The van der Waals surface area contributed by atoms with Gasteiger partial charge in [-0.1, -0.05) is 18.2 Å². The van der Waals surface area contributed by atoms with Crippen LogP contribution < -0.4 is 14.2 Å². The second-order valence-corrected chi connectivity index (χ2v) is 10.4. The molecular formula is C33H32N2O5S. The van der Waals surface area contributed by atoms with Crippen LogP contribution in [0.4, 0.5) is 0 Å². The molecule has 0 saturated carbocycles. The second-order valence-electron chi connectivity index (χ2n) is 9.47. The summed E-state index contributed by atoms with van der Waals surface area (Å²) in [7, 11) is 4.85. The molecule has 0 fully saturated rings. The van der Waals surface area contributed by atoms with Crippen LogP contribution in [-0.4, -0.2) is 43.4 Å². The van der Waals surface area contributed by atoms with E-state index in [1.165, 1.54) is 0 Å². The molecule has 8 heteroatoms. The lowest BCUT2D eigenvalue weighted by Crippen LogP contribution is -2.31. The lowest BCUT2D eigenvalue weighted by molar-refractivity contribution is -0.132. The molecule has 0 saturated heterocycles. The van der Waals surface area contributed by atoms with Gasteiger partial charge in [0.05, 0.1) is 51.8 Å². The molecule has 1 amide bonds. The van der Waals surface area contributed by atoms with Gasteiger partial charge in [0.1, 0.15) is 23.0 Å². The highest BCUT2D eigenvalue weighted by atomic mass is 32.2. The number of methoxy groups -OCH3 is 3. The third-order valence-electron chi connectivity index (χ3n) is 6.92. The van der Waals surface area contributed by atoms with Crippen LogP contribution in [0.25, 0.3) is 22.2 Å². The van der Waals surface area contributed by atoms with Gasteiger partial charge in [-0.3, -0.25) is 4.79 Å². The number of ether oxygens (including phenoxy) is 3. The maximum Gasteiger partial charge on any atom is 0.227 e. The molecule has 2 aromatic heterocycles. The molecule has 0 N–H and O–H groups in total. The van der Waals surface area contributed by atoms with Gasteiger partial charge in [-0.05, 0) is 72.5 Å². The van der Waals surface area contributed by atoms with Gasteiger partial charge in [0.15, 0.2) is 0 Å². The monoisotopic (exact) mass is 568 g/mol. The Labute approximate surface area is 244 Å². The van der Waals surface area contributed by atoms with Crippen LogP contribution in [0.5, 0.6) is 17.2 Å². The average Bonchev–Trinajstić information content (AvgIpc) is 3.53. The van der Waals surface area contributed by atoms with Crippen molar-refractivity contribution in [1.29, 1.82) is 0 Å². The molecule has 0 bridgehead atoms. The SMILES string of the molecule is COc1cccc(-c2nc3cc(SC)ccc3cc2CN(Cc2ccco2)C(=O)Cc2cc(OC)ccc2OC)c1. The number of carbonyl (C=O) groups is 1. The highest BCUT2D eigenvalue weighted by molar-refractivity contribution is 7.98. The smallest absolute Gasteiger partial charge is 0.227 e. The molecule has 0 aliphatic rings. The third kappa shape index (κ3) is 6.49. The number of fused-ring (bicyclic) bond motifs is 1. The highest BCUT2D eigenvalue weighted by Gasteiger charge is 2.22. The molecule has 5 aromatic rings. The molecule has 210 valence electrons. The third-order valence-corrected chi connectivity index (χ3v) is 7.64. The van der Waals surface area contributed by atoms with Gasteiger partial charge in [0, 0.05) is 28.0 Å². The standard InChI is InChI=1S/C33H32N2O5S/c1-37-26-8-5-7-23(16-26)33-25(15-22-10-12-29(41-4)19-30(22)34-33)20-35(21-28-9-6-14-40-28)32(36)18-24-17-27(38-2)11-13-31(24)39-3/h5-17,19H,18,20-21H2,1-4H3. The number of furan rings is 1. The molecule has 7 nitrogen and oxygen atoms in total. The minimum atomic E-state index is -0.0811. The summed E-state index contributed by atoms with van der Waals surface area (Å²) in [5.41, 5.74) is 4.26. The van der Waals surface area contributed by atoms with Crippen molar-refractivity contribution in [3.8, 4) is 28.5 Å². The van der Waals surface area contributed by atoms with E-state index in [2.05, 4.69) is 24.3 Å². The van der Waals surface area contributed by atoms with E-state index in [9.17, 15) is 4.79 Å². The number of thioether (sulfide) groups is 1. The lowest BCUT2D eigenvalue weighted by atomic mass is 10.0. The molecule has 0 aliphatic heterocycles. The Morgan fingerprint density at radius 3 is 2.41 bits per heavy atom. The molecule has 3 aromatic carbocycles. The summed E-state index contributed by atoms with van der Waals surface area (Å²) in [6.07, 6.45) is 3.80. The van der Waals surface area contributed by atoms with Crippen LogP contribution >= 0.6 is 11.8 Å². The Kier molecular flexibility index (Phi) is 8.79. The zero-order valence-electron chi connectivity index (χ0n) is 23.5. The van der Waals surface area contributed by atoms with Gasteiger partial charge in [-0.2, -0.15) is 0 Å². The number of amides is 1. The van der Waals surface area contributed by atoms with Gasteiger partial charge in [-0.25, -0.2) is 4.98 Å². The largest absolute Gasteiger partial charge is 0.497 e. The summed E-state index contributed by atoms with van der Waals surface area (Å²) in [5.74, 6) is 2.64. The van der Waals surface area contributed by atoms with Crippen LogP contribution in [0.3, 0.4) is 0 Å². The van der Waals surface area contributed by atoms with E-state index < -0.39 is 0 Å². The van der Waals surface area contributed by atoms with E-state index in [4.69, 9.17) is 23.6 Å². The molecule has 0 unspecified atom stereocenters. The first kappa shape index (κ1) is 28.1. The predicted molar refractivity (Wildman–Crippen MR) is 162 cm³/mol. The fourth-order valence-corrected chi connectivity index (χ4v) is 5.22. The molecule has 41 heavy (non-hydrogen) atoms. The van der Waals surface area contributed by atoms with Crippen LogP contribution in [-0.2, 0) is 24.3 Å². The summed E-state index contributed by atoms with van der Waals surface area (Å²) >= 11 is 1.68. The number of rotatable bonds is 11. The minimum absolute atomic E-state index is 0.0811. The average molecular weight is 569 g/mol. The van der Waals surface area contributed by atoms with E-state index >= 15 is 0 Å². The number of nitrogens with zero attached hydrogens (tertiary/aromatic N) is 2. The van der Waals surface area contributed by atoms with Crippen molar-refractivity contribution < 1.29 is 23.4 Å². The minimum Gasteiger partial charge on any atom is -0.497 e. The zero-order chi connectivity index (χ0) is 28.8. The Morgan fingerprint density at radius 1 is 0.854 bits per heavy atom. The first-order chi connectivity index (χ1) is 20.0. The summed E-state index contributed by atoms with van der Waals surface area (Å²) in [5, 5.41) is 1.00.